The SMILES string of the molecule is COc1ccc(CN2CCN(C(=O)c3cccc(C)n3)CC2)cc1. The van der Waals surface area contributed by atoms with Gasteiger partial charge in [0.25, 0.3) is 5.91 Å². The molecule has 1 saturated heterocycles. The van der Waals surface area contributed by atoms with E-state index in [0.717, 1.165) is 44.2 Å². The van der Waals surface area contributed by atoms with E-state index < -0.39 is 0 Å². The first-order valence-corrected chi connectivity index (χ1v) is 8.24. The van der Waals surface area contributed by atoms with Crippen molar-refractivity contribution in [3.63, 3.8) is 0 Å². The van der Waals surface area contributed by atoms with E-state index in [2.05, 4.69) is 22.0 Å². The molecular formula is C19H23N3O2. The van der Waals surface area contributed by atoms with Crippen molar-refractivity contribution < 1.29 is 9.53 Å². The number of hydrogen-bond donors (Lipinski definition) is 0. The molecule has 0 radical (unpaired) electrons. The molecule has 0 atom stereocenters. The van der Waals surface area contributed by atoms with E-state index in [1.165, 1.54) is 5.56 Å². The van der Waals surface area contributed by atoms with Crippen molar-refractivity contribution >= 4 is 5.91 Å². The molecule has 1 fully saturated rings. The third kappa shape index (κ3) is 3.92. The number of aromatic nitrogens is 1. The molecule has 1 aromatic carbocycles. The average Bonchev–Trinajstić information content (AvgIpc) is 2.62. The van der Waals surface area contributed by atoms with Gasteiger partial charge in [-0.15, -0.1) is 0 Å². The maximum Gasteiger partial charge on any atom is 0.272 e. The van der Waals surface area contributed by atoms with Crippen LogP contribution in [0, 0.1) is 6.92 Å². The van der Waals surface area contributed by atoms with Crippen molar-refractivity contribution in [2.45, 2.75) is 13.5 Å². The van der Waals surface area contributed by atoms with Crippen molar-refractivity contribution in [3.05, 3.63) is 59.4 Å². The summed E-state index contributed by atoms with van der Waals surface area (Å²) in [6.07, 6.45) is 0. The second kappa shape index (κ2) is 7.45. The van der Waals surface area contributed by atoms with Crippen LogP contribution in [0.15, 0.2) is 42.5 Å². The number of amides is 1. The summed E-state index contributed by atoms with van der Waals surface area (Å²) in [4.78, 5) is 21.1. The number of carbonyl (C=O) groups excluding carboxylic acids is 1. The Labute approximate surface area is 142 Å². The predicted octanol–water partition coefficient (Wildman–Crippen LogP) is 2.36. The molecule has 5 nitrogen and oxygen atoms in total. The summed E-state index contributed by atoms with van der Waals surface area (Å²) < 4.78 is 5.19. The molecule has 0 unspecified atom stereocenters. The first-order valence-electron chi connectivity index (χ1n) is 8.24. The van der Waals surface area contributed by atoms with E-state index in [4.69, 9.17) is 4.74 Å². The lowest BCUT2D eigenvalue weighted by Gasteiger charge is -2.34. The molecule has 24 heavy (non-hydrogen) atoms. The summed E-state index contributed by atoms with van der Waals surface area (Å²) in [6, 6.07) is 13.7. The largest absolute Gasteiger partial charge is 0.497 e. The van der Waals surface area contributed by atoms with Gasteiger partial charge in [0.15, 0.2) is 0 Å². The number of nitrogens with zero attached hydrogens (tertiary/aromatic N) is 3. The predicted molar refractivity (Wildman–Crippen MR) is 93.1 cm³/mol. The lowest BCUT2D eigenvalue weighted by atomic mass is 10.2. The van der Waals surface area contributed by atoms with E-state index in [0.29, 0.717) is 5.69 Å². The zero-order valence-electron chi connectivity index (χ0n) is 14.2. The summed E-state index contributed by atoms with van der Waals surface area (Å²) in [5.41, 5.74) is 2.67. The molecule has 0 saturated carbocycles. The maximum atomic E-state index is 12.5. The highest BCUT2D eigenvalue weighted by Gasteiger charge is 2.22. The lowest BCUT2D eigenvalue weighted by Crippen LogP contribution is -2.48. The number of rotatable bonds is 4. The highest BCUT2D eigenvalue weighted by Crippen LogP contribution is 2.15. The van der Waals surface area contributed by atoms with E-state index in [-0.39, 0.29) is 5.91 Å². The lowest BCUT2D eigenvalue weighted by molar-refractivity contribution is 0.0622. The Bertz CT molecular complexity index is 692. The number of benzene rings is 1. The Morgan fingerprint density at radius 1 is 1.08 bits per heavy atom. The molecule has 5 heteroatoms. The van der Waals surface area contributed by atoms with Crippen molar-refractivity contribution in [1.29, 1.82) is 0 Å². The summed E-state index contributed by atoms with van der Waals surface area (Å²) >= 11 is 0. The minimum Gasteiger partial charge on any atom is -0.497 e. The molecule has 1 amide bonds. The number of carbonyl (C=O) groups is 1. The monoisotopic (exact) mass is 325 g/mol. The number of piperazine rings is 1. The van der Waals surface area contributed by atoms with Gasteiger partial charge in [-0.2, -0.15) is 0 Å². The van der Waals surface area contributed by atoms with Crippen LogP contribution < -0.4 is 4.74 Å². The van der Waals surface area contributed by atoms with Crippen molar-refractivity contribution in [2.75, 3.05) is 33.3 Å². The van der Waals surface area contributed by atoms with Gasteiger partial charge in [-0.1, -0.05) is 18.2 Å². The summed E-state index contributed by atoms with van der Waals surface area (Å²) in [6.45, 7) is 6.04. The quantitative estimate of drug-likeness (QED) is 0.866. The zero-order valence-corrected chi connectivity index (χ0v) is 14.2. The Morgan fingerprint density at radius 2 is 1.79 bits per heavy atom. The van der Waals surface area contributed by atoms with Crippen LogP contribution in [0.3, 0.4) is 0 Å². The molecule has 0 aliphatic carbocycles. The van der Waals surface area contributed by atoms with Crippen LogP contribution in [0.25, 0.3) is 0 Å². The Balaban J connectivity index is 1.54. The maximum absolute atomic E-state index is 12.5. The fraction of sp³-hybridized carbons (Fsp3) is 0.368. The summed E-state index contributed by atoms with van der Waals surface area (Å²) in [7, 11) is 1.67. The molecule has 0 bridgehead atoms. The minimum atomic E-state index is 0.0304. The van der Waals surface area contributed by atoms with Gasteiger partial charge in [0.2, 0.25) is 0 Å². The molecule has 2 aromatic rings. The number of pyridine rings is 1. The van der Waals surface area contributed by atoms with Gasteiger partial charge in [-0.05, 0) is 36.8 Å². The Kier molecular flexibility index (Phi) is 5.11. The van der Waals surface area contributed by atoms with Crippen molar-refractivity contribution in [3.8, 4) is 5.75 Å². The molecule has 0 N–H and O–H groups in total. The van der Waals surface area contributed by atoms with Crippen LogP contribution in [0.2, 0.25) is 0 Å². The molecule has 1 aliphatic heterocycles. The average molecular weight is 325 g/mol. The van der Waals surface area contributed by atoms with E-state index in [1.54, 1.807) is 13.2 Å². The second-order valence-electron chi connectivity index (χ2n) is 6.08. The van der Waals surface area contributed by atoms with Crippen molar-refractivity contribution in [2.24, 2.45) is 0 Å². The second-order valence-corrected chi connectivity index (χ2v) is 6.08. The standard InChI is InChI=1S/C19H23N3O2/c1-15-4-3-5-18(20-15)19(23)22-12-10-21(11-13-22)14-16-6-8-17(24-2)9-7-16/h3-9H,10-14H2,1-2H3. The smallest absolute Gasteiger partial charge is 0.272 e. The molecule has 1 aromatic heterocycles. The molecule has 126 valence electrons. The molecule has 2 heterocycles. The van der Waals surface area contributed by atoms with E-state index >= 15 is 0 Å². The van der Waals surface area contributed by atoms with Gasteiger partial charge in [0.1, 0.15) is 11.4 Å². The highest BCUT2D eigenvalue weighted by molar-refractivity contribution is 5.92. The van der Waals surface area contributed by atoms with Gasteiger partial charge < -0.3 is 9.64 Å². The van der Waals surface area contributed by atoms with Crippen LogP contribution >= 0.6 is 0 Å². The van der Waals surface area contributed by atoms with E-state index in [9.17, 15) is 4.79 Å². The third-order valence-corrected chi connectivity index (χ3v) is 4.33. The highest BCUT2D eigenvalue weighted by atomic mass is 16.5. The fourth-order valence-electron chi connectivity index (χ4n) is 2.92. The van der Waals surface area contributed by atoms with Gasteiger partial charge in [-0.3, -0.25) is 9.69 Å². The summed E-state index contributed by atoms with van der Waals surface area (Å²) in [5.74, 6) is 0.905. The minimum absolute atomic E-state index is 0.0304. The molecular weight excluding hydrogens is 302 g/mol. The fourth-order valence-corrected chi connectivity index (χ4v) is 2.92. The number of hydrogen-bond acceptors (Lipinski definition) is 4. The van der Waals surface area contributed by atoms with Crippen LogP contribution in [-0.2, 0) is 6.54 Å². The van der Waals surface area contributed by atoms with E-state index in [1.807, 2.05) is 36.1 Å². The van der Waals surface area contributed by atoms with Crippen LogP contribution in [0.5, 0.6) is 5.75 Å². The first-order chi connectivity index (χ1) is 11.7. The molecule has 0 spiro atoms. The molecule has 3 rings (SSSR count). The van der Waals surface area contributed by atoms with Gasteiger partial charge in [0.05, 0.1) is 7.11 Å². The van der Waals surface area contributed by atoms with Crippen molar-refractivity contribution in [1.82, 2.24) is 14.8 Å². The van der Waals surface area contributed by atoms with Gasteiger partial charge >= 0.3 is 0 Å². The van der Waals surface area contributed by atoms with Gasteiger partial charge in [0, 0.05) is 38.4 Å². The Morgan fingerprint density at radius 3 is 2.42 bits per heavy atom. The summed E-state index contributed by atoms with van der Waals surface area (Å²) in [5, 5.41) is 0. The normalized spacial score (nSPS) is 15.3. The zero-order chi connectivity index (χ0) is 16.9. The third-order valence-electron chi connectivity index (χ3n) is 4.33. The first kappa shape index (κ1) is 16.5. The number of ether oxygens (including phenoxy) is 1. The number of methoxy groups -OCH3 is 1. The molecule has 1 aliphatic rings. The van der Waals surface area contributed by atoms with Crippen LogP contribution in [0.1, 0.15) is 21.7 Å². The topological polar surface area (TPSA) is 45.7 Å². The van der Waals surface area contributed by atoms with Gasteiger partial charge in [-0.25, -0.2) is 4.98 Å². The van der Waals surface area contributed by atoms with Crippen LogP contribution in [-0.4, -0.2) is 54.0 Å². The number of aryl methyl sites for hydroxylation is 1. The Hall–Kier alpha value is -2.40. The van der Waals surface area contributed by atoms with Crippen LogP contribution in [0.4, 0.5) is 0 Å².